The molecule has 0 heterocycles. The molecule has 148 valence electrons. The highest BCUT2D eigenvalue weighted by molar-refractivity contribution is 5.69. The molecule has 0 fully saturated rings. The Morgan fingerprint density at radius 1 is 0.760 bits per heavy atom. The third-order valence-electron chi connectivity index (χ3n) is 4.88. The first-order valence-corrected chi connectivity index (χ1v) is 10.9. The molecule has 2 nitrogen and oxygen atoms in total. The van der Waals surface area contributed by atoms with Crippen molar-refractivity contribution in [1.82, 2.24) is 0 Å². The third kappa shape index (κ3) is 17.8. The monoisotopic (exact) mass is 352 g/mol. The van der Waals surface area contributed by atoms with Gasteiger partial charge < -0.3 is 4.74 Å². The standard InChI is InChI=1S/C23H44O2/c1-5-7-8-9-10-11-12-13-14-15-16-17-18-19-20-21-22(24)25-23(3,4)6-2/h11-12H,5-10,13-21H2,1-4H3. The summed E-state index contributed by atoms with van der Waals surface area (Å²) in [4.78, 5) is 11.7. The number of hydrogen-bond acceptors (Lipinski definition) is 2. The van der Waals surface area contributed by atoms with Crippen molar-refractivity contribution in [2.45, 2.75) is 130 Å². The van der Waals surface area contributed by atoms with E-state index >= 15 is 0 Å². The van der Waals surface area contributed by atoms with Crippen molar-refractivity contribution in [1.29, 1.82) is 0 Å². The minimum absolute atomic E-state index is 0.0340. The van der Waals surface area contributed by atoms with Crippen LogP contribution < -0.4 is 0 Å². The topological polar surface area (TPSA) is 26.3 Å². The summed E-state index contributed by atoms with van der Waals surface area (Å²) in [5, 5.41) is 0. The van der Waals surface area contributed by atoms with Crippen LogP contribution in [0.15, 0.2) is 12.2 Å². The van der Waals surface area contributed by atoms with Gasteiger partial charge in [0.1, 0.15) is 5.60 Å². The lowest BCUT2D eigenvalue weighted by atomic mass is 10.1. The summed E-state index contributed by atoms with van der Waals surface area (Å²) in [6.07, 6.45) is 22.8. The summed E-state index contributed by atoms with van der Waals surface area (Å²) < 4.78 is 5.46. The van der Waals surface area contributed by atoms with Crippen molar-refractivity contribution in [2.75, 3.05) is 0 Å². The van der Waals surface area contributed by atoms with Crippen molar-refractivity contribution in [3.63, 3.8) is 0 Å². The van der Waals surface area contributed by atoms with Crippen molar-refractivity contribution >= 4 is 5.97 Å². The molecule has 0 amide bonds. The molecule has 0 bridgehead atoms. The van der Waals surface area contributed by atoms with E-state index in [9.17, 15) is 4.79 Å². The predicted molar refractivity (Wildman–Crippen MR) is 110 cm³/mol. The summed E-state index contributed by atoms with van der Waals surface area (Å²) in [6, 6.07) is 0. The van der Waals surface area contributed by atoms with Gasteiger partial charge in [0, 0.05) is 6.42 Å². The molecule has 2 heteroatoms. The maximum absolute atomic E-state index is 11.7. The van der Waals surface area contributed by atoms with Gasteiger partial charge in [-0.3, -0.25) is 4.79 Å². The molecule has 0 saturated carbocycles. The van der Waals surface area contributed by atoms with Crippen LogP contribution in [0.1, 0.15) is 124 Å². The highest BCUT2D eigenvalue weighted by atomic mass is 16.6. The predicted octanol–water partition coefficient (Wildman–Crippen LogP) is 7.76. The molecule has 0 radical (unpaired) electrons. The number of allylic oxidation sites excluding steroid dienone is 2. The van der Waals surface area contributed by atoms with Gasteiger partial charge >= 0.3 is 5.97 Å². The normalized spacial score (nSPS) is 12.0. The Hall–Kier alpha value is -0.790. The number of carbonyl (C=O) groups is 1. The average Bonchev–Trinajstić information content (AvgIpc) is 2.58. The number of rotatable bonds is 17. The number of esters is 1. The number of unbranched alkanes of at least 4 members (excludes halogenated alkanes) is 11. The van der Waals surface area contributed by atoms with Gasteiger partial charge in [0.05, 0.1) is 0 Å². The summed E-state index contributed by atoms with van der Waals surface area (Å²) in [7, 11) is 0. The Balaban J connectivity index is 3.29. The van der Waals surface area contributed by atoms with E-state index < -0.39 is 0 Å². The number of carbonyl (C=O) groups excluding carboxylic acids is 1. The van der Waals surface area contributed by atoms with Crippen molar-refractivity contribution in [2.24, 2.45) is 0 Å². The zero-order chi connectivity index (χ0) is 18.8. The van der Waals surface area contributed by atoms with Gasteiger partial charge in [-0.25, -0.2) is 0 Å². The molecule has 0 unspecified atom stereocenters. The van der Waals surface area contributed by atoms with E-state index in [4.69, 9.17) is 4.74 Å². The number of ether oxygens (including phenoxy) is 1. The fourth-order valence-corrected chi connectivity index (χ4v) is 2.77. The van der Waals surface area contributed by atoms with E-state index in [0.717, 1.165) is 19.3 Å². The van der Waals surface area contributed by atoms with Crippen molar-refractivity contribution in [3.05, 3.63) is 12.2 Å². The second kappa shape index (κ2) is 16.7. The molecule has 0 aromatic carbocycles. The molecular weight excluding hydrogens is 308 g/mol. The Morgan fingerprint density at radius 2 is 1.24 bits per heavy atom. The number of hydrogen-bond donors (Lipinski definition) is 0. The lowest BCUT2D eigenvalue weighted by molar-refractivity contribution is -0.156. The maximum Gasteiger partial charge on any atom is 0.306 e. The molecule has 0 rings (SSSR count). The van der Waals surface area contributed by atoms with Crippen LogP contribution in [0.2, 0.25) is 0 Å². The Kier molecular flexibility index (Phi) is 16.1. The van der Waals surface area contributed by atoms with Crippen molar-refractivity contribution < 1.29 is 9.53 Å². The molecule has 0 aromatic rings. The maximum atomic E-state index is 11.7. The van der Waals surface area contributed by atoms with E-state index in [-0.39, 0.29) is 11.6 Å². The van der Waals surface area contributed by atoms with Gasteiger partial charge in [0.15, 0.2) is 0 Å². The van der Waals surface area contributed by atoms with Crippen LogP contribution in [0.25, 0.3) is 0 Å². The third-order valence-corrected chi connectivity index (χ3v) is 4.88. The Morgan fingerprint density at radius 3 is 1.76 bits per heavy atom. The molecule has 0 aliphatic rings. The van der Waals surface area contributed by atoms with E-state index in [2.05, 4.69) is 26.0 Å². The van der Waals surface area contributed by atoms with Gasteiger partial charge in [-0.2, -0.15) is 0 Å². The highest BCUT2D eigenvalue weighted by Crippen LogP contribution is 2.16. The summed E-state index contributed by atoms with van der Waals surface area (Å²) in [5.74, 6) is -0.0340. The van der Waals surface area contributed by atoms with Crippen LogP contribution in [0.3, 0.4) is 0 Å². The van der Waals surface area contributed by atoms with E-state index in [1.165, 1.54) is 70.6 Å². The van der Waals surface area contributed by atoms with Crippen LogP contribution in [0.5, 0.6) is 0 Å². The second-order valence-electron chi connectivity index (χ2n) is 7.92. The first-order valence-electron chi connectivity index (χ1n) is 10.9. The molecule has 0 atom stereocenters. The van der Waals surface area contributed by atoms with E-state index in [1.54, 1.807) is 0 Å². The van der Waals surface area contributed by atoms with Crippen LogP contribution in [-0.4, -0.2) is 11.6 Å². The fraction of sp³-hybridized carbons (Fsp3) is 0.870. The SMILES string of the molecule is CCCCCCC=CCCCCCCCCCC(=O)OC(C)(C)CC. The molecule has 0 aliphatic carbocycles. The van der Waals surface area contributed by atoms with Gasteiger partial charge in [-0.15, -0.1) is 0 Å². The first kappa shape index (κ1) is 24.2. The smallest absolute Gasteiger partial charge is 0.306 e. The molecule has 0 spiro atoms. The fourth-order valence-electron chi connectivity index (χ4n) is 2.77. The molecule has 0 N–H and O–H groups in total. The minimum atomic E-state index is -0.305. The zero-order valence-corrected chi connectivity index (χ0v) is 17.6. The summed E-state index contributed by atoms with van der Waals surface area (Å²) in [6.45, 7) is 8.27. The van der Waals surface area contributed by atoms with E-state index in [1.807, 2.05) is 13.8 Å². The summed E-state index contributed by atoms with van der Waals surface area (Å²) in [5.41, 5.74) is -0.305. The lowest BCUT2D eigenvalue weighted by Crippen LogP contribution is -2.26. The van der Waals surface area contributed by atoms with Gasteiger partial charge in [0.25, 0.3) is 0 Å². The van der Waals surface area contributed by atoms with Gasteiger partial charge in [0.2, 0.25) is 0 Å². The van der Waals surface area contributed by atoms with E-state index in [0.29, 0.717) is 6.42 Å². The van der Waals surface area contributed by atoms with Crippen LogP contribution >= 0.6 is 0 Å². The lowest BCUT2D eigenvalue weighted by Gasteiger charge is -2.23. The first-order chi connectivity index (χ1) is 12.0. The van der Waals surface area contributed by atoms with Crippen LogP contribution in [-0.2, 0) is 9.53 Å². The molecule has 0 aromatic heterocycles. The van der Waals surface area contributed by atoms with Crippen LogP contribution in [0, 0.1) is 0 Å². The van der Waals surface area contributed by atoms with Gasteiger partial charge in [-0.1, -0.05) is 77.4 Å². The van der Waals surface area contributed by atoms with Crippen LogP contribution in [0.4, 0.5) is 0 Å². The quantitative estimate of drug-likeness (QED) is 0.152. The molecule has 0 saturated heterocycles. The van der Waals surface area contributed by atoms with Gasteiger partial charge in [-0.05, 0) is 52.4 Å². The molecule has 25 heavy (non-hydrogen) atoms. The minimum Gasteiger partial charge on any atom is -0.460 e. The largest absolute Gasteiger partial charge is 0.460 e. The Labute approximate surface area is 157 Å². The zero-order valence-electron chi connectivity index (χ0n) is 17.6. The Bertz CT molecular complexity index is 331. The van der Waals surface area contributed by atoms with Crippen molar-refractivity contribution in [3.8, 4) is 0 Å². The average molecular weight is 353 g/mol. The highest BCUT2D eigenvalue weighted by Gasteiger charge is 2.19. The molecular formula is C23H44O2. The second-order valence-corrected chi connectivity index (χ2v) is 7.92. The molecule has 0 aliphatic heterocycles. The summed E-state index contributed by atoms with van der Waals surface area (Å²) >= 11 is 0.